The van der Waals surface area contributed by atoms with Crippen molar-refractivity contribution >= 4 is 15.7 Å². The first-order chi connectivity index (χ1) is 9.99. The van der Waals surface area contributed by atoms with Gasteiger partial charge in [-0.2, -0.15) is 0 Å². The van der Waals surface area contributed by atoms with Crippen molar-refractivity contribution in [2.24, 2.45) is 5.14 Å². The zero-order chi connectivity index (χ0) is 15.3. The maximum atomic E-state index is 11.3. The van der Waals surface area contributed by atoms with Crippen molar-refractivity contribution < 1.29 is 13.2 Å². The smallest absolute Gasteiger partial charge is 0.238 e. The van der Waals surface area contributed by atoms with E-state index in [4.69, 9.17) is 9.88 Å². The van der Waals surface area contributed by atoms with E-state index in [1.807, 2.05) is 24.3 Å². The average molecular weight is 306 g/mol. The van der Waals surface area contributed by atoms with Gasteiger partial charge in [-0.3, -0.25) is 0 Å². The number of primary sulfonamides is 1. The van der Waals surface area contributed by atoms with Crippen molar-refractivity contribution in [3.05, 3.63) is 59.7 Å². The van der Waals surface area contributed by atoms with Gasteiger partial charge < -0.3 is 10.1 Å². The summed E-state index contributed by atoms with van der Waals surface area (Å²) in [6.45, 7) is 1.15. The lowest BCUT2D eigenvalue weighted by molar-refractivity contribution is 0.185. The van der Waals surface area contributed by atoms with E-state index in [1.165, 1.54) is 12.1 Å². The van der Waals surface area contributed by atoms with Crippen LogP contribution in [0.25, 0.3) is 0 Å². The number of ether oxygens (including phenoxy) is 1. The van der Waals surface area contributed by atoms with Crippen LogP contribution in [0.15, 0.2) is 53.4 Å². The first-order valence-electron chi connectivity index (χ1n) is 6.42. The SMILES string of the molecule is COCc1cccc(CNc2cccc(S(N)(=O)=O)c2)c1. The van der Waals surface area contributed by atoms with Crippen molar-refractivity contribution in [2.45, 2.75) is 18.0 Å². The van der Waals surface area contributed by atoms with Gasteiger partial charge >= 0.3 is 0 Å². The quantitative estimate of drug-likeness (QED) is 0.856. The zero-order valence-corrected chi connectivity index (χ0v) is 12.6. The molecule has 0 atom stereocenters. The molecule has 3 N–H and O–H groups in total. The van der Waals surface area contributed by atoms with E-state index in [1.54, 1.807) is 19.2 Å². The number of hydrogen-bond donors (Lipinski definition) is 2. The van der Waals surface area contributed by atoms with Crippen LogP contribution in [0.3, 0.4) is 0 Å². The number of sulfonamides is 1. The number of nitrogens with one attached hydrogen (secondary N) is 1. The van der Waals surface area contributed by atoms with Gasteiger partial charge in [-0.1, -0.05) is 30.3 Å². The predicted molar refractivity (Wildman–Crippen MR) is 82.3 cm³/mol. The van der Waals surface area contributed by atoms with Crippen LogP contribution >= 0.6 is 0 Å². The van der Waals surface area contributed by atoms with Crippen LogP contribution in [-0.4, -0.2) is 15.5 Å². The van der Waals surface area contributed by atoms with Gasteiger partial charge in [0.25, 0.3) is 0 Å². The Labute approximate surface area is 124 Å². The highest BCUT2D eigenvalue weighted by atomic mass is 32.2. The minimum Gasteiger partial charge on any atom is -0.381 e. The molecule has 112 valence electrons. The van der Waals surface area contributed by atoms with Crippen LogP contribution in [0.5, 0.6) is 0 Å². The molecular formula is C15H18N2O3S. The standard InChI is InChI=1S/C15H18N2O3S/c1-20-11-13-5-2-4-12(8-13)10-17-14-6-3-7-15(9-14)21(16,18)19/h2-9,17H,10-11H2,1H3,(H2,16,18,19). The van der Waals surface area contributed by atoms with Crippen molar-refractivity contribution in [2.75, 3.05) is 12.4 Å². The molecule has 0 radical (unpaired) electrons. The fourth-order valence-corrected chi connectivity index (χ4v) is 2.54. The summed E-state index contributed by atoms with van der Waals surface area (Å²) in [5, 5.41) is 8.30. The molecule has 0 unspecified atom stereocenters. The van der Waals surface area contributed by atoms with Crippen molar-refractivity contribution in [3.8, 4) is 0 Å². The van der Waals surface area contributed by atoms with E-state index in [0.29, 0.717) is 18.8 Å². The maximum absolute atomic E-state index is 11.3. The Hall–Kier alpha value is -1.89. The summed E-state index contributed by atoms with van der Waals surface area (Å²) in [7, 11) is -2.02. The molecule has 0 saturated heterocycles. The molecule has 2 rings (SSSR count). The van der Waals surface area contributed by atoms with Crippen LogP contribution in [0.1, 0.15) is 11.1 Å². The second kappa shape index (κ2) is 6.71. The Morgan fingerprint density at radius 1 is 1.10 bits per heavy atom. The molecule has 0 saturated carbocycles. The van der Waals surface area contributed by atoms with Crippen LogP contribution in [0.2, 0.25) is 0 Å². The number of anilines is 1. The average Bonchev–Trinajstić information content (AvgIpc) is 2.45. The fourth-order valence-electron chi connectivity index (χ4n) is 1.98. The number of methoxy groups -OCH3 is 1. The molecule has 0 aliphatic carbocycles. The first kappa shape index (κ1) is 15.5. The van der Waals surface area contributed by atoms with Crippen molar-refractivity contribution in [3.63, 3.8) is 0 Å². The number of benzene rings is 2. The van der Waals surface area contributed by atoms with Crippen molar-refractivity contribution in [1.29, 1.82) is 0 Å². The summed E-state index contributed by atoms with van der Waals surface area (Å²) < 4.78 is 27.7. The summed E-state index contributed by atoms with van der Waals surface area (Å²) in [5.74, 6) is 0. The van der Waals surface area contributed by atoms with Crippen LogP contribution < -0.4 is 10.5 Å². The number of hydrogen-bond acceptors (Lipinski definition) is 4. The lowest BCUT2D eigenvalue weighted by atomic mass is 10.1. The predicted octanol–water partition coefficient (Wildman–Crippen LogP) is 2.09. The summed E-state index contributed by atoms with van der Waals surface area (Å²) >= 11 is 0. The van der Waals surface area contributed by atoms with Crippen molar-refractivity contribution in [1.82, 2.24) is 0 Å². The normalized spacial score (nSPS) is 11.3. The topological polar surface area (TPSA) is 81.4 Å². The first-order valence-corrected chi connectivity index (χ1v) is 7.97. The Balaban J connectivity index is 2.08. The molecule has 0 aliphatic rings. The minimum atomic E-state index is -3.68. The van der Waals surface area contributed by atoms with E-state index < -0.39 is 10.0 Å². The van der Waals surface area contributed by atoms with E-state index in [0.717, 1.165) is 11.1 Å². The Morgan fingerprint density at radius 2 is 1.81 bits per heavy atom. The highest BCUT2D eigenvalue weighted by Crippen LogP contribution is 2.15. The summed E-state index contributed by atoms with van der Waals surface area (Å²) in [6, 6.07) is 14.4. The van der Waals surface area contributed by atoms with Gasteiger partial charge in [0.1, 0.15) is 0 Å². The summed E-state index contributed by atoms with van der Waals surface area (Å²) in [6.07, 6.45) is 0. The highest BCUT2D eigenvalue weighted by Gasteiger charge is 2.07. The van der Waals surface area contributed by atoms with Crippen LogP contribution in [0.4, 0.5) is 5.69 Å². The lowest BCUT2D eigenvalue weighted by Gasteiger charge is -2.09. The van der Waals surface area contributed by atoms with Gasteiger partial charge in [-0.25, -0.2) is 13.6 Å². The van der Waals surface area contributed by atoms with E-state index in [2.05, 4.69) is 5.32 Å². The Kier molecular flexibility index (Phi) is 4.95. The molecule has 0 spiro atoms. The van der Waals surface area contributed by atoms with Crippen LogP contribution in [0, 0.1) is 0 Å². The highest BCUT2D eigenvalue weighted by molar-refractivity contribution is 7.89. The minimum absolute atomic E-state index is 0.0978. The Bertz CT molecular complexity index is 714. The molecule has 2 aromatic carbocycles. The monoisotopic (exact) mass is 306 g/mol. The van der Waals surface area contributed by atoms with E-state index in [9.17, 15) is 8.42 Å². The third-order valence-corrected chi connectivity index (χ3v) is 3.87. The fraction of sp³-hybridized carbons (Fsp3) is 0.200. The molecule has 0 aromatic heterocycles. The van der Waals surface area contributed by atoms with Gasteiger partial charge in [-0.15, -0.1) is 0 Å². The molecule has 0 aliphatic heterocycles. The largest absolute Gasteiger partial charge is 0.381 e. The molecule has 0 bridgehead atoms. The lowest BCUT2D eigenvalue weighted by Crippen LogP contribution is -2.12. The van der Waals surface area contributed by atoms with Gasteiger partial charge in [0, 0.05) is 19.3 Å². The molecule has 0 heterocycles. The van der Waals surface area contributed by atoms with Gasteiger partial charge in [0.05, 0.1) is 11.5 Å². The zero-order valence-electron chi connectivity index (χ0n) is 11.7. The number of rotatable bonds is 6. The second-order valence-electron chi connectivity index (χ2n) is 4.68. The molecule has 5 nitrogen and oxygen atoms in total. The van der Waals surface area contributed by atoms with Gasteiger partial charge in [0.15, 0.2) is 0 Å². The molecule has 6 heteroatoms. The van der Waals surface area contributed by atoms with E-state index >= 15 is 0 Å². The Morgan fingerprint density at radius 3 is 2.52 bits per heavy atom. The molecular weight excluding hydrogens is 288 g/mol. The molecule has 0 amide bonds. The summed E-state index contributed by atoms with van der Waals surface area (Å²) in [5.41, 5.74) is 2.89. The molecule has 2 aromatic rings. The third kappa shape index (κ3) is 4.56. The van der Waals surface area contributed by atoms with Crippen LogP contribution in [-0.2, 0) is 27.9 Å². The maximum Gasteiger partial charge on any atom is 0.238 e. The number of nitrogens with two attached hydrogens (primary N) is 1. The molecule has 21 heavy (non-hydrogen) atoms. The second-order valence-corrected chi connectivity index (χ2v) is 6.24. The molecule has 0 fully saturated rings. The summed E-state index contributed by atoms with van der Waals surface area (Å²) in [4.78, 5) is 0.0978. The van der Waals surface area contributed by atoms with E-state index in [-0.39, 0.29) is 4.90 Å². The van der Waals surface area contributed by atoms with Gasteiger partial charge in [-0.05, 0) is 29.3 Å². The third-order valence-electron chi connectivity index (χ3n) is 2.96. The van der Waals surface area contributed by atoms with Gasteiger partial charge in [0.2, 0.25) is 10.0 Å².